The normalized spacial score (nSPS) is 11.9. The monoisotopic (exact) mass is 215 g/mol. The highest BCUT2D eigenvalue weighted by atomic mass is 16.1. The van der Waals surface area contributed by atoms with Gasteiger partial charge in [0.2, 0.25) is 5.91 Å². The first-order chi connectivity index (χ1) is 7.06. The minimum absolute atomic E-state index is 0.0496. The Kier molecular flexibility index (Phi) is 6.52. The summed E-state index contributed by atoms with van der Waals surface area (Å²) in [5, 5.41) is 2.63. The van der Waals surface area contributed by atoms with Gasteiger partial charge in [-0.15, -0.1) is 0 Å². The molecule has 0 radical (unpaired) electrons. The smallest absolute Gasteiger partial charge is 0.221 e. The molecule has 0 atom stereocenters. The summed E-state index contributed by atoms with van der Waals surface area (Å²) in [7, 11) is 3.71. The molecule has 90 valence electrons. The first-order valence-corrected chi connectivity index (χ1v) is 5.68. The van der Waals surface area contributed by atoms with Gasteiger partial charge in [0.05, 0.1) is 0 Å². The average Bonchev–Trinajstić information content (AvgIpc) is 2.28. The van der Waals surface area contributed by atoms with Gasteiger partial charge in [-0.05, 0) is 19.9 Å². The van der Waals surface area contributed by atoms with Crippen LogP contribution in [0.4, 0.5) is 0 Å². The lowest BCUT2D eigenvalue weighted by molar-refractivity contribution is -0.121. The van der Waals surface area contributed by atoms with Crippen molar-refractivity contribution in [2.45, 2.75) is 38.6 Å². The van der Waals surface area contributed by atoms with E-state index in [1.165, 1.54) is 0 Å². The van der Waals surface area contributed by atoms with Crippen molar-refractivity contribution in [2.24, 2.45) is 5.73 Å². The van der Waals surface area contributed by atoms with Crippen molar-refractivity contribution >= 4 is 5.91 Å². The van der Waals surface area contributed by atoms with Crippen molar-refractivity contribution in [3.63, 3.8) is 0 Å². The molecule has 0 fully saturated rings. The first-order valence-electron chi connectivity index (χ1n) is 5.68. The number of rotatable bonds is 7. The van der Waals surface area contributed by atoms with Gasteiger partial charge < -0.3 is 11.1 Å². The highest BCUT2D eigenvalue weighted by Gasteiger charge is 2.29. The second-order valence-corrected chi connectivity index (χ2v) is 3.98. The summed E-state index contributed by atoms with van der Waals surface area (Å²) in [6, 6.07) is 0. The molecule has 4 heteroatoms. The van der Waals surface area contributed by atoms with E-state index in [-0.39, 0.29) is 11.4 Å². The van der Waals surface area contributed by atoms with E-state index in [1.807, 2.05) is 7.05 Å². The fourth-order valence-corrected chi connectivity index (χ4v) is 1.87. The Balaban J connectivity index is 4.26. The lowest BCUT2D eigenvalue weighted by Crippen LogP contribution is -2.52. The largest absolute Gasteiger partial charge is 0.359 e. The van der Waals surface area contributed by atoms with Crippen molar-refractivity contribution in [3.8, 4) is 0 Å². The van der Waals surface area contributed by atoms with Crippen LogP contribution in [0.2, 0.25) is 0 Å². The van der Waals surface area contributed by atoms with E-state index in [9.17, 15) is 4.79 Å². The lowest BCUT2D eigenvalue weighted by Gasteiger charge is -2.40. The standard InChI is InChI=1S/C11H25N3O/c1-5-11(6-2,9-12)14(4)8-7-10(15)13-3/h5-9,12H2,1-4H3,(H,13,15). The van der Waals surface area contributed by atoms with Gasteiger partial charge >= 0.3 is 0 Å². The maximum absolute atomic E-state index is 11.1. The summed E-state index contributed by atoms with van der Waals surface area (Å²) in [6.07, 6.45) is 2.57. The molecule has 0 heterocycles. The molecule has 1 amide bonds. The van der Waals surface area contributed by atoms with Crippen molar-refractivity contribution < 1.29 is 4.79 Å². The number of nitrogens with zero attached hydrogens (tertiary/aromatic N) is 1. The molecule has 3 N–H and O–H groups in total. The zero-order valence-electron chi connectivity index (χ0n) is 10.5. The number of hydrogen-bond acceptors (Lipinski definition) is 3. The van der Waals surface area contributed by atoms with E-state index in [0.29, 0.717) is 13.0 Å². The van der Waals surface area contributed by atoms with E-state index < -0.39 is 0 Å². The molecule has 0 saturated heterocycles. The first kappa shape index (κ1) is 14.4. The van der Waals surface area contributed by atoms with Crippen LogP contribution in [0.5, 0.6) is 0 Å². The van der Waals surface area contributed by atoms with Crippen molar-refractivity contribution in [1.29, 1.82) is 0 Å². The zero-order valence-corrected chi connectivity index (χ0v) is 10.5. The van der Waals surface area contributed by atoms with Crippen molar-refractivity contribution in [1.82, 2.24) is 10.2 Å². The molecule has 0 saturated carbocycles. The number of amides is 1. The Morgan fingerprint density at radius 1 is 1.40 bits per heavy atom. The summed E-state index contributed by atoms with van der Waals surface area (Å²) in [5.41, 5.74) is 5.88. The molecule has 15 heavy (non-hydrogen) atoms. The van der Waals surface area contributed by atoms with E-state index in [1.54, 1.807) is 7.05 Å². The SMILES string of the molecule is CCC(CC)(CN)N(C)CCC(=O)NC. The summed E-state index contributed by atoms with van der Waals surface area (Å²) in [4.78, 5) is 13.3. The fraction of sp³-hybridized carbons (Fsp3) is 0.909. The quantitative estimate of drug-likeness (QED) is 0.653. The van der Waals surface area contributed by atoms with Gasteiger partial charge in [0.25, 0.3) is 0 Å². The lowest BCUT2D eigenvalue weighted by atomic mass is 9.91. The van der Waals surface area contributed by atoms with Crippen LogP contribution in [-0.4, -0.2) is 43.5 Å². The van der Waals surface area contributed by atoms with Crippen LogP contribution < -0.4 is 11.1 Å². The predicted octanol–water partition coefficient (Wildman–Crippen LogP) is 0.572. The van der Waals surface area contributed by atoms with Gasteiger partial charge in [-0.25, -0.2) is 0 Å². The van der Waals surface area contributed by atoms with Gasteiger partial charge in [0, 0.05) is 32.1 Å². The maximum Gasteiger partial charge on any atom is 0.221 e. The average molecular weight is 215 g/mol. The number of nitrogens with one attached hydrogen (secondary N) is 1. The Morgan fingerprint density at radius 3 is 2.27 bits per heavy atom. The molecule has 0 bridgehead atoms. The maximum atomic E-state index is 11.1. The number of nitrogens with two attached hydrogens (primary N) is 1. The molecule has 0 unspecified atom stereocenters. The molecule has 0 aromatic rings. The molecular formula is C11H25N3O. The van der Waals surface area contributed by atoms with E-state index >= 15 is 0 Å². The molecule has 0 rings (SSSR count). The number of carbonyl (C=O) groups is 1. The summed E-state index contributed by atoms with van der Waals surface area (Å²) in [6.45, 7) is 5.70. The third-order valence-corrected chi connectivity index (χ3v) is 3.46. The topological polar surface area (TPSA) is 58.4 Å². The molecule has 0 aromatic heterocycles. The van der Waals surface area contributed by atoms with Crippen LogP contribution in [0, 0.1) is 0 Å². The number of hydrogen-bond donors (Lipinski definition) is 2. The Hall–Kier alpha value is -0.610. The fourth-order valence-electron chi connectivity index (χ4n) is 1.87. The van der Waals surface area contributed by atoms with Gasteiger partial charge in [-0.1, -0.05) is 13.8 Å². The Labute approximate surface area is 93.2 Å². The van der Waals surface area contributed by atoms with Gasteiger partial charge in [-0.2, -0.15) is 0 Å². The van der Waals surface area contributed by atoms with E-state index in [2.05, 4.69) is 24.1 Å². The second-order valence-electron chi connectivity index (χ2n) is 3.98. The summed E-state index contributed by atoms with van der Waals surface area (Å²) >= 11 is 0. The predicted molar refractivity (Wildman–Crippen MR) is 63.7 cm³/mol. The third-order valence-electron chi connectivity index (χ3n) is 3.46. The highest BCUT2D eigenvalue weighted by Crippen LogP contribution is 2.21. The number of likely N-dealkylation sites (N-methyl/N-ethyl adjacent to an activating group) is 1. The zero-order chi connectivity index (χ0) is 11.9. The molecule has 4 nitrogen and oxygen atoms in total. The minimum atomic E-state index is 0.0496. The van der Waals surface area contributed by atoms with Gasteiger partial charge in [0.15, 0.2) is 0 Å². The van der Waals surface area contributed by atoms with Crippen LogP contribution in [0.1, 0.15) is 33.1 Å². The molecule has 0 aromatic carbocycles. The van der Waals surface area contributed by atoms with Gasteiger partial charge in [0.1, 0.15) is 0 Å². The molecule has 0 aliphatic heterocycles. The van der Waals surface area contributed by atoms with Crippen molar-refractivity contribution in [3.05, 3.63) is 0 Å². The van der Waals surface area contributed by atoms with Crippen LogP contribution in [-0.2, 0) is 4.79 Å². The number of carbonyl (C=O) groups excluding carboxylic acids is 1. The second kappa shape index (κ2) is 6.80. The van der Waals surface area contributed by atoms with Crippen LogP contribution in [0.15, 0.2) is 0 Å². The molecule has 0 aliphatic carbocycles. The Morgan fingerprint density at radius 2 is 1.93 bits per heavy atom. The Bertz CT molecular complexity index is 182. The van der Waals surface area contributed by atoms with Crippen molar-refractivity contribution in [2.75, 3.05) is 27.2 Å². The molecular weight excluding hydrogens is 190 g/mol. The summed E-state index contributed by atoms with van der Waals surface area (Å²) < 4.78 is 0. The van der Waals surface area contributed by atoms with E-state index in [4.69, 9.17) is 5.73 Å². The summed E-state index contributed by atoms with van der Waals surface area (Å²) in [5.74, 6) is 0.0833. The minimum Gasteiger partial charge on any atom is -0.359 e. The van der Waals surface area contributed by atoms with Gasteiger partial charge in [-0.3, -0.25) is 9.69 Å². The van der Waals surface area contributed by atoms with E-state index in [0.717, 1.165) is 19.4 Å². The molecule has 0 aliphatic rings. The molecule has 0 spiro atoms. The third kappa shape index (κ3) is 3.80. The highest BCUT2D eigenvalue weighted by molar-refractivity contribution is 5.75. The van der Waals surface area contributed by atoms with Crippen LogP contribution >= 0.6 is 0 Å². The van der Waals surface area contributed by atoms with Crippen LogP contribution in [0.3, 0.4) is 0 Å². The van der Waals surface area contributed by atoms with Crippen LogP contribution in [0.25, 0.3) is 0 Å².